The highest BCUT2D eigenvalue weighted by Gasteiger charge is 2.65. The molecule has 52 heavy (non-hydrogen) atoms. The third-order valence-corrected chi connectivity index (χ3v) is 14.3. The first-order valence-electron chi connectivity index (χ1n) is 18.1. The number of H-pyrrole nitrogens is 1. The number of hydrogen-bond acceptors (Lipinski definition) is 11. The Morgan fingerprint density at radius 2 is 1.85 bits per heavy atom. The molecule has 3 heterocycles. The van der Waals surface area contributed by atoms with E-state index >= 15 is 0 Å². The van der Waals surface area contributed by atoms with E-state index in [-0.39, 0.29) is 60.2 Å². The zero-order valence-corrected chi connectivity index (χ0v) is 34.5. The van der Waals surface area contributed by atoms with Crippen molar-refractivity contribution in [1.29, 1.82) is 5.26 Å². The number of hydrogen-bond donors (Lipinski definition) is 3. The fourth-order valence-electron chi connectivity index (χ4n) is 6.81. The number of amides is 1. The van der Waals surface area contributed by atoms with Crippen LogP contribution < -0.4 is 10.9 Å². The quantitative estimate of drug-likeness (QED) is 0.127. The maximum absolute atomic E-state index is 13.4. The van der Waals surface area contributed by atoms with Crippen molar-refractivity contribution in [2.75, 3.05) is 18.1 Å². The highest BCUT2D eigenvalue weighted by molar-refractivity contribution is 7.63. The summed E-state index contributed by atoms with van der Waals surface area (Å²) in [6.45, 7) is 21.9. The number of aromatic amines is 1. The van der Waals surface area contributed by atoms with E-state index in [1.165, 1.54) is 6.33 Å². The van der Waals surface area contributed by atoms with Gasteiger partial charge in [-0.2, -0.15) is 14.8 Å². The standard InChI is InChI=1S/C36H56N7O7PSi/c1-23(2)32(44)40-34-39-31-28(33(45)41-34)38-22-42(31)36(52(10)11)30(49-35(7,8)9)29(27(48-36)21-47-20-26-16-13-12-14-17-26)50-51(46,19-15-18-37)43(24(3)4)25(5)6/h12-14,16-17,22-25,27,29-30,46,52H,15,19-21H2,1-11H3,(H-,39,40,41,44,45)/p+1/t27-,29-,30-,36+,51?/m1/s1. The molecular weight excluding hydrogens is 701 g/mol. The minimum absolute atomic E-state index is 0.0123. The molecule has 1 aromatic carbocycles. The molecule has 3 aromatic rings. The molecule has 1 saturated heterocycles. The first-order valence-corrected chi connectivity index (χ1v) is 22.7. The van der Waals surface area contributed by atoms with Crippen LogP contribution in [-0.4, -0.2) is 92.6 Å². The molecule has 1 unspecified atom stereocenters. The Labute approximate surface area is 309 Å². The number of nitriles is 1. The van der Waals surface area contributed by atoms with E-state index in [2.05, 4.69) is 34.4 Å². The van der Waals surface area contributed by atoms with Gasteiger partial charge in [0, 0.05) is 18.0 Å². The highest BCUT2D eigenvalue weighted by atomic mass is 31.2. The number of imidazole rings is 1. The molecule has 4 rings (SSSR count). The predicted octanol–water partition coefficient (Wildman–Crippen LogP) is 5.36. The number of rotatable bonds is 16. The van der Waals surface area contributed by atoms with Crippen LogP contribution in [0.15, 0.2) is 41.5 Å². The van der Waals surface area contributed by atoms with Crippen molar-refractivity contribution in [2.45, 2.75) is 130 Å². The number of nitrogens with one attached hydrogen (secondary N) is 2. The van der Waals surface area contributed by atoms with Gasteiger partial charge in [-0.05, 0) is 54.0 Å². The molecule has 16 heteroatoms. The minimum Gasteiger partial charge on any atom is -0.374 e. The highest BCUT2D eigenvalue weighted by Crippen LogP contribution is 2.64. The summed E-state index contributed by atoms with van der Waals surface area (Å²) in [5, 5.41) is 11.1. The molecular formula is C36H57N7O7PSi+. The summed E-state index contributed by atoms with van der Waals surface area (Å²) < 4.78 is 31.3. The van der Waals surface area contributed by atoms with Crippen molar-refractivity contribution in [1.82, 2.24) is 24.2 Å². The summed E-state index contributed by atoms with van der Waals surface area (Å²) >= 11 is 0. The Morgan fingerprint density at radius 1 is 1.19 bits per heavy atom. The van der Waals surface area contributed by atoms with Crippen molar-refractivity contribution >= 4 is 39.7 Å². The summed E-state index contributed by atoms with van der Waals surface area (Å²) in [4.78, 5) is 50.5. The normalized spacial score (nSPS) is 22.2. The molecule has 0 radical (unpaired) electrons. The van der Waals surface area contributed by atoms with Gasteiger partial charge in [-0.3, -0.25) is 24.5 Å². The third kappa shape index (κ3) is 9.17. The Balaban J connectivity index is 1.95. The molecule has 14 nitrogen and oxygen atoms in total. The van der Waals surface area contributed by atoms with Crippen LogP contribution in [0.1, 0.15) is 74.3 Å². The largest absolute Gasteiger partial charge is 0.374 e. The van der Waals surface area contributed by atoms with Crippen molar-refractivity contribution in [3.63, 3.8) is 0 Å². The van der Waals surface area contributed by atoms with Crippen LogP contribution in [0, 0.1) is 17.2 Å². The zero-order chi connectivity index (χ0) is 38.6. The second-order valence-electron chi connectivity index (χ2n) is 15.5. The number of carbonyl (C=O) groups excluding carboxylic acids is 1. The molecule has 5 atom stereocenters. The average molecular weight is 759 g/mol. The number of anilines is 1. The van der Waals surface area contributed by atoms with E-state index in [0.29, 0.717) is 6.61 Å². The monoisotopic (exact) mass is 758 g/mol. The fourth-order valence-corrected chi connectivity index (χ4v) is 11.8. The van der Waals surface area contributed by atoms with Gasteiger partial charge in [-0.25, -0.2) is 9.88 Å². The van der Waals surface area contributed by atoms with E-state index in [0.717, 1.165) is 5.56 Å². The Morgan fingerprint density at radius 3 is 2.40 bits per heavy atom. The van der Waals surface area contributed by atoms with E-state index in [9.17, 15) is 19.7 Å². The summed E-state index contributed by atoms with van der Waals surface area (Å²) in [5.41, 5.74) is 0.0115. The van der Waals surface area contributed by atoms with Gasteiger partial charge in [-0.15, -0.1) is 4.67 Å². The molecule has 3 N–H and O–H groups in total. The van der Waals surface area contributed by atoms with E-state index in [1.807, 2.05) is 83.5 Å². The second-order valence-corrected chi connectivity index (χ2v) is 21.1. The van der Waals surface area contributed by atoms with Gasteiger partial charge in [0.2, 0.25) is 11.9 Å². The van der Waals surface area contributed by atoms with Crippen LogP contribution in [0.25, 0.3) is 11.2 Å². The van der Waals surface area contributed by atoms with Gasteiger partial charge in [0.05, 0.1) is 46.4 Å². The molecule has 2 aromatic heterocycles. The molecule has 1 fully saturated rings. The molecule has 286 valence electrons. The van der Waals surface area contributed by atoms with Crippen LogP contribution in [0.4, 0.5) is 5.95 Å². The molecule has 1 amide bonds. The van der Waals surface area contributed by atoms with Crippen LogP contribution >= 0.6 is 7.87 Å². The van der Waals surface area contributed by atoms with Gasteiger partial charge in [-0.1, -0.05) is 57.3 Å². The Kier molecular flexibility index (Phi) is 13.6. The minimum atomic E-state index is -3.47. The van der Waals surface area contributed by atoms with E-state index < -0.39 is 51.5 Å². The SMILES string of the molecule is CC(C)C(=O)Nc1nc2c(ncn2[C@]2([SiH](C)C)O[C@H](COCc3ccccc3)[C@@H](O[P+](O)(CCC#N)N(C(C)C)C(C)C)[C@H]2OC(C)(C)C)c(=O)[nH]1. The molecule has 0 saturated carbocycles. The third-order valence-electron chi connectivity index (χ3n) is 8.89. The Hall–Kier alpha value is -3.06. The van der Waals surface area contributed by atoms with Gasteiger partial charge in [0.1, 0.15) is 18.4 Å². The van der Waals surface area contributed by atoms with Crippen molar-refractivity contribution in [3.05, 3.63) is 52.6 Å². The first kappa shape index (κ1) is 41.7. The van der Waals surface area contributed by atoms with Crippen molar-refractivity contribution in [2.24, 2.45) is 5.92 Å². The fraction of sp³-hybridized carbons (Fsp3) is 0.639. The average Bonchev–Trinajstić information content (AvgIpc) is 3.59. The maximum Gasteiger partial charge on any atom is 0.347 e. The second kappa shape index (κ2) is 16.9. The zero-order valence-electron chi connectivity index (χ0n) is 32.4. The van der Waals surface area contributed by atoms with Crippen molar-refractivity contribution in [3.8, 4) is 6.07 Å². The van der Waals surface area contributed by atoms with Crippen LogP contribution in [-0.2, 0) is 35.5 Å². The molecule has 1 aliphatic rings. The number of carbonyl (C=O) groups is 1. The summed E-state index contributed by atoms with van der Waals surface area (Å²) in [7, 11) is -5.61. The lowest BCUT2D eigenvalue weighted by Crippen LogP contribution is -2.57. The predicted molar refractivity (Wildman–Crippen MR) is 205 cm³/mol. The van der Waals surface area contributed by atoms with E-state index in [4.69, 9.17) is 23.7 Å². The summed E-state index contributed by atoms with van der Waals surface area (Å²) in [5.74, 6) is -0.671. The van der Waals surface area contributed by atoms with Gasteiger partial charge < -0.3 is 14.2 Å². The first-order chi connectivity index (χ1) is 24.3. The van der Waals surface area contributed by atoms with Gasteiger partial charge >= 0.3 is 7.87 Å². The number of fused-ring (bicyclic) bond motifs is 1. The summed E-state index contributed by atoms with van der Waals surface area (Å²) in [6.07, 6.45) is -0.774. The Bertz CT molecular complexity index is 1750. The van der Waals surface area contributed by atoms with Gasteiger partial charge in [0.15, 0.2) is 22.6 Å². The van der Waals surface area contributed by atoms with E-state index in [1.54, 1.807) is 18.4 Å². The number of aromatic nitrogens is 4. The molecule has 0 aliphatic carbocycles. The topological polar surface area (TPSA) is 177 Å². The smallest absolute Gasteiger partial charge is 0.347 e. The lowest BCUT2D eigenvalue weighted by atomic mass is 10.1. The van der Waals surface area contributed by atoms with Crippen LogP contribution in [0.2, 0.25) is 13.1 Å². The lowest BCUT2D eigenvalue weighted by molar-refractivity contribution is -0.151. The molecule has 0 spiro atoms. The number of nitrogens with zero attached hydrogens (tertiary/aromatic N) is 5. The van der Waals surface area contributed by atoms with Crippen molar-refractivity contribution < 1.29 is 28.4 Å². The number of benzene rings is 1. The van der Waals surface area contributed by atoms with Crippen LogP contribution in [0.5, 0.6) is 0 Å². The lowest BCUT2D eigenvalue weighted by Gasteiger charge is -2.42. The maximum atomic E-state index is 13.4. The number of ether oxygens (including phenoxy) is 3. The molecule has 1 aliphatic heterocycles. The molecule has 0 bridgehead atoms. The summed E-state index contributed by atoms with van der Waals surface area (Å²) in [6, 6.07) is 11.8. The van der Waals surface area contributed by atoms with Gasteiger partial charge in [0.25, 0.3) is 5.56 Å². The van der Waals surface area contributed by atoms with Crippen LogP contribution in [0.3, 0.4) is 0 Å².